The Bertz CT molecular complexity index is 568. The van der Waals surface area contributed by atoms with Crippen LogP contribution in [-0.4, -0.2) is 52.5 Å². The molecule has 0 aliphatic carbocycles. The lowest BCUT2D eigenvalue weighted by Gasteiger charge is -2.41. The first-order chi connectivity index (χ1) is 12.5. The van der Waals surface area contributed by atoms with Gasteiger partial charge >= 0.3 is 0 Å². The van der Waals surface area contributed by atoms with Crippen molar-refractivity contribution >= 4 is 42.7 Å². The summed E-state index contributed by atoms with van der Waals surface area (Å²) in [6, 6.07) is -0.374. The normalized spacial score (nSPS) is 22.6. The minimum absolute atomic E-state index is 0.0875. The van der Waals surface area contributed by atoms with Crippen molar-refractivity contribution in [3.05, 3.63) is 10.2 Å². The van der Waals surface area contributed by atoms with Crippen LogP contribution in [0.1, 0.15) is 47.5 Å². The molecule has 1 aliphatic rings. The molecule has 3 atom stereocenters. The monoisotopic (exact) mass is 508 g/mol. The molecule has 0 N–H and O–H groups in total. The topological polar surface area (TPSA) is 52.4 Å². The summed E-state index contributed by atoms with van der Waals surface area (Å²) in [6.07, 6.45) is 3.87. The lowest BCUT2D eigenvalue weighted by molar-refractivity contribution is 0.152. The first-order valence-electron chi connectivity index (χ1n) is 9.64. The van der Waals surface area contributed by atoms with Gasteiger partial charge < -0.3 is 13.9 Å². The van der Waals surface area contributed by atoms with E-state index in [0.717, 1.165) is 12.8 Å². The van der Waals surface area contributed by atoms with Crippen LogP contribution in [0.3, 0.4) is 0 Å². The highest BCUT2D eigenvalue weighted by molar-refractivity contribution is 14.1. The fourth-order valence-electron chi connectivity index (χ4n) is 2.72. The summed E-state index contributed by atoms with van der Waals surface area (Å²) >= 11 is 2.25. The zero-order valence-corrected chi connectivity index (χ0v) is 21.5. The summed E-state index contributed by atoms with van der Waals surface area (Å²) in [6.45, 7) is 15.6. The maximum absolute atomic E-state index is 6.79. The molecule has 0 saturated heterocycles. The maximum atomic E-state index is 6.79. The smallest absolute Gasteiger partial charge is 0.212 e. The van der Waals surface area contributed by atoms with E-state index in [2.05, 4.69) is 76.4 Å². The van der Waals surface area contributed by atoms with Crippen LogP contribution in [0, 0.1) is 5.92 Å². The zero-order valence-electron chi connectivity index (χ0n) is 18.4. The highest BCUT2D eigenvalue weighted by atomic mass is 127. The third-order valence-corrected chi connectivity index (χ3v) is 10.4. The molecule has 1 rings (SSSR count). The minimum Gasteiger partial charge on any atom is -0.483 e. The number of hydrogen-bond acceptors (Lipinski definition) is 5. The van der Waals surface area contributed by atoms with Gasteiger partial charge in [0.1, 0.15) is 6.04 Å². The van der Waals surface area contributed by atoms with Crippen molar-refractivity contribution in [3.63, 3.8) is 0 Å². The molecule has 1 heterocycles. The Morgan fingerprint density at radius 2 is 1.59 bits per heavy atom. The summed E-state index contributed by atoms with van der Waals surface area (Å²) in [4.78, 5) is 9.74. The summed E-state index contributed by atoms with van der Waals surface area (Å²) < 4.78 is 20.1. The van der Waals surface area contributed by atoms with E-state index < -0.39 is 8.32 Å². The molecule has 156 valence electrons. The van der Waals surface area contributed by atoms with Crippen LogP contribution in [0.15, 0.2) is 20.1 Å². The van der Waals surface area contributed by atoms with Crippen molar-refractivity contribution < 1.29 is 13.9 Å². The van der Waals surface area contributed by atoms with Gasteiger partial charge in [-0.25, -0.2) is 9.98 Å². The average molecular weight is 509 g/mol. The average Bonchev–Trinajstić information content (AvgIpc) is 2.58. The molecule has 0 radical (unpaired) electrons. The van der Waals surface area contributed by atoms with Gasteiger partial charge in [0.25, 0.3) is 0 Å². The molecular weight excluding hydrogens is 471 g/mol. The molecule has 0 bridgehead atoms. The lowest BCUT2D eigenvalue weighted by Crippen LogP contribution is -2.50. The minimum atomic E-state index is -1.97. The van der Waals surface area contributed by atoms with E-state index in [9.17, 15) is 0 Å². The molecule has 0 aromatic rings. The quantitative estimate of drug-likeness (QED) is 0.332. The van der Waals surface area contributed by atoms with Crippen molar-refractivity contribution in [2.24, 2.45) is 15.9 Å². The number of methoxy groups -OCH3 is 2. The second-order valence-corrected chi connectivity index (χ2v) is 14.3. The lowest BCUT2D eigenvalue weighted by atomic mass is 10.00. The largest absolute Gasteiger partial charge is 0.483 e. The molecule has 0 aromatic carbocycles. The van der Waals surface area contributed by atoms with Gasteiger partial charge in [-0.3, -0.25) is 0 Å². The standard InChI is InChI=1S/C20H37IN2O3Si/c1-14(2)16-18(24-6)23-17(19(22-16)25-7)15(12-10-11-13-21)26-27(8,9)20(3,4)5/h11,13-17H,10,12H2,1-9H3/b13-11+/t15-,16-,17+/m1/s1. The highest BCUT2D eigenvalue weighted by Crippen LogP contribution is 2.39. The Morgan fingerprint density at radius 3 is 2.04 bits per heavy atom. The van der Waals surface area contributed by atoms with E-state index in [0.29, 0.717) is 11.8 Å². The van der Waals surface area contributed by atoms with E-state index in [4.69, 9.17) is 23.9 Å². The second-order valence-electron chi connectivity index (χ2n) is 8.83. The van der Waals surface area contributed by atoms with Crippen molar-refractivity contribution in [1.82, 2.24) is 0 Å². The predicted molar refractivity (Wildman–Crippen MR) is 126 cm³/mol. The Hall–Kier alpha value is -0.413. The second kappa shape index (κ2) is 10.4. The van der Waals surface area contributed by atoms with Gasteiger partial charge in [0.2, 0.25) is 11.8 Å². The van der Waals surface area contributed by atoms with Crippen LogP contribution < -0.4 is 0 Å². The Labute approximate surface area is 180 Å². The van der Waals surface area contributed by atoms with Crippen molar-refractivity contribution in [2.45, 2.75) is 83.8 Å². The van der Waals surface area contributed by atoms with E-state index in [1.807, 2.05) is 4.08 Å². The summed E-state index contributed by atoms with van der Waals surface area (Å²) in [5.74, 6) is 1.61. The third kappa shape index (κ3) is 6.56. The van der Waals surface area contributed by atoms with Gasteiger partial charge in [0, 0.05) is 0 Å². The fourth-order valence-corrected chi connectivity index (χ4v) is 4.44. The van der Waals surface area contributed by atoms with E-state index >= 15 is 0 Å². The van der Waals surface area contributed by atoms with Crippen LogP contribution in [0.2, 0.25) is 18.1 Å². The van der Waals surface area contributed by atoms with Crippen molar-refractivity contribution in [1.29, 1.82) is 0 Å². The molecule has 0 aromatic heterocycles. The van der Waals surface area contributed by atoms with Gasteiger partial charge in [-0.2, -0.15) is 0 Å². The molecule has 0 amide bonds. The summed E-state index contributed by atoms with van der Waals surface area (Å²) in [5.41, 5.74) is 0. The van der Waals surface area contributed by atoms with E-state index in [1.165, 1.54) is 0 Å². The molecule has 0 spiro atoms. The predicted octanol–water partition coefficient (Wildman–Crippen LogP) is 5.60. The first-order valence-corrected chi connectivity index (χ1v) is 13.8. The molecule has 27 heavy (non-hydrogen) atoms. The summed E-state index contributed by atoms with van der Waals surface area (Å²) in [7, 11) is 1.37. The van der Waals surface area contributed by atoms with Crippen LogP contribution in [0.5, 0.6) is 0 Å². The SMILES string of the molecule is COC1=N[C@H](C(C)C)C(OC)=N[C@H]1[C@@H](CC/C=C/I)O[Si](C)(C)C(C)(C)C. The molecule has 0 saturated carbocycles. The molecule has 0 fully saturated rings. The molecule has 7 heteroatoms. The Kier molecular flexibility index (Phi) is 9.47. The number of ether oxygens (including phenoxy) is 2. The van der Waals surface area contributed by atoms with Gasteiger partial charge in [0.05, 0.1) is 20.3 Å². The Balaban J connectivity index is 3.25. The van der Waals surface area contributed by atoms with Crippen LogP contribution >= 0.6 is 22.6 Å². The van der Waals surface area contributed by atoms with Crippen molar-refractivity contribution in [3.8, 4) is 0 Å². The number of halogens is 1. The zero-order chi connectivity index (χ0) is 20.8. The van der Waals surface area contributed by atoms with Crippen LogP contribution in [-0.2, 0) is 13.9 Å². The van der Waals surface area contributed by atoms with Crippen LogP contribution in [0.4, 0.5) is 0 Å². The molecular formula is C20H37IN2O3Si. The third-order valence-electron chi connectivity index (χ3n) is 5.40. The van der Waals surface area contributed by atoms with Crippen molar-refractivity contribution in [2.75, 3.05) is 14.2 Å². The number of allylic oxidation sites excluding steroid dienone is 1. The number of rotatable bonds is 7. The van der Waals surface area contributed by atoms with Gasteiger partial charge in [-0.05, 0) is 41.0 Å². The van der Waals surface area contributed by atoms with E-state index in [1.54, 1.807) is 14.2 Å². The van der Waals surface area contributed by atoms with Gasteiger partial charge in [0.15, 0.2) is 14.4 Å². The maximum Gasteiger partial charge on any atom is 0.212 e. The molecule has 0 unspecified atom stereocenters. The van der Waals surface area contributed by atoms with Gasteiger partial charge in [-0.1, -0.05) is 63.3 Å². The molecule has 5 nitrogen and oxygen atoms in total. The van der Waals surface area contributed by atoms with E-state index in [-0.39, 0.29) is 29.1 Å². The Morgan fingerprint density at radius 1 is 1.07 bits per heavy atom. The molecule has 1 aliphatic heterocycles. The number of aliphatic imine (C=N–C) groups is 2. The van der Waals surface area contributed by atoms with Gasteiger partial charge in [-0.15, -0.1) is 0 Å². The fraction of sp³-hybridized carbons (Fsp3) is 0.800. The number of nitrogens with zero attached hydrogens (tertiary/aromatic N) is 2. The first kappa shape index (κ1) is 24.6. The van der Waals surface area contributed by atoms with Crippen LogP contribution in [0.25, 0.3) is 0 Å². The number of hydrogen-bond donors (Lipinski definition) is 0. The summed E-state index contributed by atoms with van der Waals surface area (Å²) in [5, 5.41) is 0.123. The highest BCUT2D eigenvalue weighted by Gasteiger charge is 2.43.